The Balaban J connectivity index is 2.41. The van der Waals surface area contributed by atoms with Crippen LogP contribution in [0.25, 0.3) is 0 Å². The SMILES string of the molecule is CNC(c1cnc(C)cn1)c1ccccc1OC. The van der Waals surface area contributed by atoms with E-state index in [1.165, 1.54) is 0 Å². The largest absolute Gasteiger partial charge is 0.496 e. The van der Waals surface area contributed by atoms with Crippen LogP contribution in [0.5, 0.6) is 5.75 Å². The monoisotopic (exact) mass is 243 g/mol. The molecule has 0 spiro atoms. The lowest BCUT2D eigenvalue weighted by Crippen LogP contribution is -2.19. The average molecular weight is 243 g/mol. The van der Waals surface area contributed by atoms with E-state index in [1.807, 2.05) is 38.2 Å². The maximum absolute atomic E-state index is 5.39. The van der Waals surface area contributed by atoms with Gasteiger partial charge < -0.3 is 10.1 Å². The smallest absolute Gasteiger partial charge is 0.124 e. The van der Waals surface area contributed by atoms with Crippen LogP contribution in [0.15, 0.2) is 36.7 Å². The minimum atomic E-state index is -0.0192. The van der Waals surface area contributed by atoms with Gasteiger partial charge in [-0.2, -0.15) is 0 Å². The second-order valence-electron chi connectivity index (χ2n) is 4.05. The van der Waals surface area contributed by atoms with E-state index in [2.05, 4.69) is 15.3 Å². The first-order chi connectivity index (χ1) is 8.76. The molecule has 0 radical (unpaired) electrons. The van der Waals surface area contributed by atoms with Crippen LogP contribution in [-0.4, -0.2) is 24.1 Å². The van der Waals surface area contributed by atoms with E-state index in [0.717, 1.165) is 22.7 Å². The molecule has 94 valence electrons. The van der Waals surface area contributed by atoms with Crippen molar-refractivity contribution in [1.29, 1.82) is 0 Å². The Morgan fingerprint density at radius 3 is 2.56 bits per heavy atom. The Labute approximate surface area is 107 Å². The van der Waals surface area contributed by atoms with Crippen LogP contribution in [0.1, 0.15) is 23.0 Å². The van der Waals surface area contributed by atoms with E-state index in [9.17, 15) is 0 Å². The molecule has 0 bridgehead atoms. The fourth-order valence-electron chi connectivity index (χ4n) is 1.92. The van der Waals surface area contributed by atoms with Crippen LogP contribution in [-0.2, 0) is 0 Å². The van der Waals surface area contributed by atoms with Crippen LogP contribution >= 0.6 is 0 Å². The van der Waals surface area contributed by atoms with E-state index in [-0.39, 0.29) is 6.04 Å². The molecule has 0 aliphatic heterocycles. The normalized spacial score (nSPS) is 12.2. The fraction of sp³-hybridized carbons (Fsp3) is 0.286. The summed E-state index contributed by atoms with van der Waals surface area (Å²) < 4.78 is 5.39. The van der Waals surface area contributed by atoms with Crippen LogP contribution in [0.2, 0.25) is 0 Å². The molecule has 4 heteroatoms. The number of aryl methyl sites for hydroxylation is 1. The van der Waals surface area contributed by atoms with E-state index in [0.29, 0.717) is 0 Å². The Morgan fingerprint density at radius 1 is 1.17 bits per heavy atom. The molecule has 2 rings (SSSR count). The first kappa shape index (κ1) is 12.5. The van der Waals surface area contributed by atoms with E-state index < -0.39 is 0 Å². The predicted octanol–water partition coefficient (Wildman–Crippen LogP) is 2.10. The van der Waals surface area contributed by atoms with Crippen LogP contribution in [0, 0.1) is 6.92 Å². The molecule has 0 amide bonds. The van der Waals surface area contributed by atoms with Gasteiger partial charge in [0.2, 0.25) is 0 Å². The second-order valence-corrected chi connectivity index (χ2v) is 4.05. The van der Waals surface area contributed by atoms with Crippen LogP contribution in [0.3, 0.4) is 0 Å². The van der Waals surface area contributed by atoms with Crippen molar-refractivity contribution < 1.29 is 4.74 Å². The molecule has 4 nitrogen and oxygen atoms in total. The fourth-order valence-corrected chi connectivity index (χ4v) is 1.92. The molecule has 0 saturated heterocycles. The lowest BCUT2D eigenvalue weighted by Gasteiger charge is -2.18. The van der Waals surface area contributed by atoms with Crippen molar-refractivity contribution in [2.45, 2.75) is 13.0 Å². The third-order valence-corrected chi connectivity index (χ3v) is 2.84. The molecule has 1 unspecified atom stereocenters. The number of hydrogen-bond donors (Lipinski definition) is 1. The molecular weight excluding hydrogens is 226 g/mol. The third kappa shape index (κ3) is 2.49. The van der Waals surface area contributed by atoms with Crippen molar-refractivity contribution >= 4 is 0 Å². The second kappa shape index (κ2) is 5.60. The van der Waals surface area contributed by atoms with Crippen LogP contribution < -0.4 is 10.1 Å². The van der Waals surface area contributed by atoms with Crippen molar-refractivity contribution in [3.8, 4) is 5.75 Å². The summed E-state index contributed by atoms with van der Waals surface area (Å²) in [4.78, 5) is 8.71. The number of rotatable bonds is 4. The molecule has 1 N–H and O–H groups in total. The predicted molar refractivity (Wildman–Crippen MR) is 70.7 cm³/mol. The van der Waals surface area contributed by atoms with Crippen molar-refractivity contribution in [3.63, 3.8) is 0 Å². The summed E-state index contributed by atoms with van der Waals surface area (Å²) in [7, 11) is 3.57. The maximum Gasteiger partial charge on any atom is 0.124 e. The van der Waals surface area contributed by atoms with Gasteiger partial charge in [0.05, 0.1) is 30.7 Å². The Hall–Kier alpha value is -1.94. The first-order valence-corrected chi connectivity index (χ1v) is 5.85. The minimum absolute atomic E-state index is 0.0192. The lowest BCUT2D eigenvalue weighted by molar-refractivity contribution is 0.405. The highest BCUT2D eigenvalue weighted by Gasteiger charge is 2.17. The van der Waals surface area contributed by atoms with E-state index in [4.69, 9.17) is 4.74 Å². The van der Waals surface area contributed by atoms with Gasteiger partial charge in [-0.1, -0.05) is 18.2 Å². The molecule has 1 atom stereocenters. The number of benzene rings is 1. The van der Waals surface area contributed by atoms with Gasteiger partial charge in [-0.3, -0.25) is 9.97 Å². The highest BCUT2D eigenvalue weighted by molar-refractivity contribution is 5.39. The Morgan fingerprint density at radius 2 is 1.94 bits per heavy atom. The summed E-state index contributed by atoms with van der Waals surface area (Å²) >= 11 is 0. The molecular formula is C14H17N3O. The summed E-state index contributed by atoms with van der Waals surface area (Å²) in [6.45, 7) is 1.92. The highest BCUT2D eigenvalue weighted by Crippen LogP contribution is 2.28. The van der Waals surface area contributed by atoms with E-state index in [1.54, 1.807) is 19.5 Å². The maximum atomic E-state index is 5.39. The van der Waals surface area contributed by atoms with Crippen molar-refractivity contribution in [2.24, 2.45) is 0 Å². The van der Waals surface area contributed by atoms with Gasteiger partial charge in [0.25, 0.3) is 0 Å². The van der Waals surface area contributed by atoms with Crippen LogP contribution in [0.4, 0.5) is 0 Å². The summed E-state index contributed by atoms with van der Waals surface area (Å²) in [5, 5.41) is 3.25. The van der Waals surface area contributed by atoms with Gasteiger partial charge in [-0.25, -0.2) is 0 Å². The Kier molecular flexibility index (Phi) is 3.89. The molecule has 1 aromatic heterocycles. The molecule has 0 aliphatic rings. The quantitative estimate of drug-likeness (QED) is 0.893. The summed E-state index contributed by atoms with van der Waals surface area (Å²) in [5.41, 5.74) is 2.85. The summed E-state index contributed by atoms with van der Waals surface area (Å²) in [6.07, 6.45) is 3.57. The van der Waals surface area contributed by atoms with Gasteiger partial charge in [0, 0.05) is 11.8 Å². The topological polar surface area (TPSA) is 47.0 Å². The first-order valence-electron chi connectivity index (χ1n) is 5.85. The molecule has 0 aliphatic carbocycles. The Bertz CT molecular complexity index is 511. The summed E-state index contributed by atoms with van der Waals surface area (Å²) in [6, 6.07) is 7.90. The molecule has 1 heterocycles. The number of nitrogens with one attached hydrogen (secondary N) is 1. The molecule has 0 fully saturated rings. The zero-order valence-electron chi connectivity index (χ0n) is 10.8. The zero-order valence-corrected chi connectivity index (χ0v) is 10.8. The number of aromatic nitrogens is 2. The van der Waals surface area contributed by atoms with Gasteiger partial charge in [-0.15, -0.1) is 0 Å². The molecule has 0 saturated carbocycles. The number of methoxy groups -OCH3 is 1. The average Bonchev–Trinajstić information content (AvgIpc) is 2.42. The number of nitrogens with zero attached hydrogens (tertiary/aromatic N) is 2. The minimum Gasteiger partial charge on any atom is -0.496 e. The number of para-hydroxylation sites is 1. The number of hydrogen-bond acceptors (Lipinski definition) is 4. The molecule has 1 aromatic carbocycles. The summed E-state index contributed by atoms with van der Waals surface area (Å²) in [5.74, 6) is 0.847. The highest BCUT2D eigenvalue weighted by atomic mass is 16.5. The molecule has 2 aromatic rings. The molecule has 18 heavy (non-hydrogen) atoms. The third-order valence-electron chi connectivity index (χ3n) is 2.84. The lowest BCUT2D eigenvalue weighted by atomic mass is 10.0. The van der Waals surface area contributed by atoms with Gasteiger partial charge in [-0.05, 0) is 20.0 Å². The van der Waals surface area contributed by atoms with Crippen molar-refractivity contribution in [2.75, 3.05) is 14.2 Å². The van der Waals surface area contributed by atoms with Gasteiger partial charge in [0.1, 0.15) is 5.75 Å². The van der Waals surface area contributed by atoms with Crippen molar-refractivity contribution in [3.05, 3.63) is 53.6 Å². The van der Waals surface area contributed by atoms with Gasteiger partial charge >= 0.3 is 0 Å². The number of ether oxygens (including phenoxy) is 1. The van der Waals surface area contributed by atoms with Crippen molar-refractivity contribution in [1.82, 2.24) is 15.3 Å². The van der Waals surface area contributed by atoms with E-state index >= 15 is 0 Å². The standard InChI is InChI=1S/C14H17N3O/c1-10-8-17-12(9-16-10)14(15-2)11-6-4-5-7-13(11)18-3/h4-9,14-15H,1-3H3. The van der Waals surface area contributed by atoms with Gasteiger partial charge in [0.15, 0.2) is 0 Å². The zero-order chi connectivity index (χ0) is 13.0.